The Morgan fingerprint density at radius 2 is 0.700 bits per heavy atom. The first-order valence-corrected chi connectivity index (χ1v) is 47.4. The van der Waals surface area contributed by atoms with E-state index in [1.807, 2.05) is 146 Å². The fraction of sp³-hybridized carbons (Fsp3) is 0.370. The van der Waals surface area contributed by atoms with Gasteiger partial charge >= 0.3 is 12.4 Å². The van der Waals surface area contributed by atoms with Crippen LogP contribution in [0.5, 0.6) is 0 Å². The second-order valence-corrected chi connectivity index (χ2v) is 37.2. The Kier molecular flexibility index (Phi) is 35.6. The maximum absolute atomic E-state index is 13.2. The lowest BCUT2D eigenvalue weighted by Gasteiger charge is -2.29. The molecule has 9 heterocycles. The van der Waals surface area contributed by atoms with Crippen molar-refractivity contribution in [2.24, 2.45) is 0 Å². The van der Waals surface area contributed by atoms with Crippen LogP contribution in [0.3, 0.4) is 0 Å². The van der Waals surface area contributed by atoms with Gasteiger partial charge in [0.15, 0.2) is 0 Å². The predicted octanol–water partition coefficient (Wildman–Crippen LogP) is 27.0. The van der Waals surface area contributed by atoms with Crippen LogP contribution in [0.1, 0.15) is 192 Å². The van der Waals surface area contributed by atoms with E-state index < -0.39 is 54.3 Å². The Bertz CT molecular complexity index is 5880. The fourth-order valence-corrected chi connectivity index (χ4v) is 19.2. The monoisotopic (exact) mass is 1950 g/mol. The molecule has 0 aliphatic carbocycles. The van der Waals surface area contributed by atoms with Crippen molar-refractivity contribution >= 4 is 159 Å². The van der Waals surface area contributed by atoms with Crippen LogP contribution in [0, 0.1) is 6.92 Å². The van der Waals surface area contributed by atoms with E-state index in [-0.39, 0.29) is 66.4 Å². The number of aliphatic hydroxyl groups is 5. The normalized spacial score (nSPS) is 17.9. The molecule has 4 saturated heterocycles. The first-order valence-electron chi connectivity index (χ1n) is 44.0. The Hall–Kier alpha value is -7.40. The van der Waals surface area contributed by atoms with Crippen LogP contribution in [0.4, 0.5) is 26.3 Å². The van der Waals surface area contributed by atoms with Crippen molar-refractivity contribution < 1.29 is 51.9 Å². The molecule has 5 aromatic heterocycles. The maximum Gasteiger partial charge on any atom is 0.433 e. The van der Waals surface area contributed by atoms with Crippen molar-refractivity contribution in [3.8, 4) is 33.8 Å². The maximum atomic E-state index is 13.2. The number of fused-ring (bicyclic) bond motifs is 5. The highest BCUT2D eigenvalue weighted by Gasteiger charge is 2.38. The third-order valence-corrected chi connectivity index (χ3v) is 26.4. The number of hydrogen-bond donors (Lipinski definition) is 9. The molecule has 4 fully saturated rings. The van der Waals surface area contributed by atoms with Gasteiger partial charge in [0, 0.05) is 104 Å². The highest BCUT2D eigenvalue weighted by atomic mass is 35.5. The number of piperidine rings is 4. The summed E-state index contributed by atoms with van der Waals surface area (Å²) in [5.41, 5.74) is 9.48. The van der Waals surface area contributed by atoms with Gasteiger partial charge in [-0.2, -0.15) is 26.3 Å². The minimum Gasteiger partial charge on any atom is -0.387 e. The van der Waals surface area contributed by atoms with Gasteiger partial charge in [-0.05, 0) is 253 Å². The molecule has 0 bridgehead atoms. The molecule has 15 nitrogen and oxygen atoms in total. The van der Waals surface area contributed by atoms with Crippen LogP contribution in [-0.2, 0) is 12.4 Å². The number of unbranched alkanes of at least 4 members (excludes halogenated alkanes) is 2. The van der Waals surface area contributed by atoms with E-state index in [0.717, 1.165) is 218 Å². The van der Waals surface area contributed by atoms with Gasteiger partial charge in [0.05, 0.1) is 90.3 Å². The van der Waals surface area contributed by atoms with Gasteiger partial charge in [-0.15, -0.1) is 0 Å². The quantitative estimate of drug-likeness (QED) is 0.0324. The molecular formula is C100H103Cl9F6N10O5. The van der Waals surface area contributed by atoms with E-state index in [4.69, 9.17) is 119 Å². The zero-order valence-electron chi connectivity index (χ0n) is 71.9. The minimum atomic E-state index is -4.63. The Labute approximate surface area is 797 Å². The number of rotatable bonds is 20. The van der Waals surface area contributed by atoms with Crippen LogP contribution in [0.15, 0.2) is 182 Å². The summed E-state index contributed by atoms with van der Waals surface area (Å²) in [6.07, 6.45) is 2.90. The highest BCUT2D eigenvalue weighted by Crippen LogP contribution is 2.44. The van der Waals surface area contributed by atoms with E-state index in [0.29, 0.717) is 60.8 Å². The second-order valence-electron chi connectivity index (χ2n) is 33.4. The average Bonchev–Trinajstić information content (AvgIpc) is 0.759. The first-order chi connectivity index (χ1) is 62.3. The van der Waals surface area contributed by atoms with Gasteiger partial charge in [0.2, 0.25) is 0 Å². The number of pyridine rings is 5. The Balaban J connectivity index is 0.000000139. The van der Waals surface area contributed by atoms with Crippen LogP contribution in [-0.4, -0.2) is 125 Å². The third-order valence-electron chi connectivity index (χ3n) is 24.0. The molecule has 0 radical (unpaired) electrons. The van der Waals surface area contributed by atoms with E-state index in [1.165, 1.54) is 30.7 Å². The zero-order valence-corrected chi connectivity index (χ0v) is 78.7. The van der Waals surface area contributed by atoms with Crippen molar-refractivity contribution in [3.63, 3.8) is 0 Å². The van der Waals surface area contributed by atoms with Crippen LogP contribution < -0.4 is 21.3 Å². The molecule has 30 heteroatoms. The van der Waals surface area contributed by atoms with E-state index in [2.05, 4.69) is 50.0 Å². The molecule has 9 N–H and O–H groups in total. The molecule has 688 valence electrons. The molecule has 4 aliphatic rings. The van der Waals surface area contributed by atoms with Gasteiger partial charge in [-0.25, -0.2) is 24.9 Å². The lowest BCUT2D eigenvalue weighted by molar-refractivity contribution is -0.141. The number of aliphatic hydroxyl groups excluding tert-OH is 5. The van der Waals surface area contributed by atoms with Crippen LogP contribution in [0.2, 0.25) is 45.2 Å². The molecule has 4 aliphatic heterocycles. The molecule has 9 unspecified atom stereocenters. The Morgan fingerprint density at radius 3 is 1.09 bits per heavy atom. The van der Waals surface area contributed by atoms with Gasteiger partial charge in [0.25, 0.3) is 0 Å². The molecule has 130 heavy (non-hydrogen) atoms. The van der Waals surface area contributed by atoms with Crippen molar-refractivity contribution in [2.75, 3.05) is 45.8 Å². The average molecular weight is 1960 g/mol. The summed E-state index contributed by atoms with van der Waals surface area (Å²) in [7, 11) is 0. The van der Waals surface area contributed by atoms with Gasteiger partial charge in [-0.1, -0.05) is 230 Å². The fourth-order valence-electron chi connectivity index (χ4n) is 17.1. The molecule has 0 saturated carbocycles. The summed E-state index contributed by atoms with van der Waals surface area (Å²) in [5, 5.41) is 75.1. The van der Waals surface area contributed by atoms with E-state index >= 15 is 0 Å². The Morgan fingerprint density at radius 1 is 0.354 bits per heavy atom. The molecule has 8 aromatic carbocycles. The van der Waals surface area contributed by atoms with Crippen LogP contribution >= 0.6 is 104 Å². The summed E-state index contributed by atoms with van der Waals surface area (Å²) < 4.78 is 79.1. The number of nitrogens with zero attached hydrogens (tertiary/aromatic N) is 6. The van der Waals surface area contributed by atoms with Gasteiger partial charge in [0.1, 0.15) is 11.4 Å². The predicted molar refractivity (Wildman–Crippen MR) is 518 cm³/mol. The smallest absolute Gasteiger partial charge is 0.387 e. The third kappa shape index (κ3) is 25.6. The minimum absolute atomic E-state index is 0.0132. The summed E-state index contributed by atoms with van der Waals surface area (Å²) in [4.78, 5) is 24.0. The lowest BCUT2D eigenvalue weighted by Crippen LogP contribution is -2.39. The summed E-state index contributed by atoms with van der Waals surface area (Å²) >= 11 is 55.4. The van der Waals surface area contributed by atoms with E-state index in [9.17, 15) is 51.9 Å². The standard InChI is InChI=1S/C26H32Cl2N2O.C21H20Cl2N2O.C21H21ClN2O.2C16H15Cl2F3N2O/c1-4-6-12-30(13-7-5-2)17-26(31)22-15-24(19-8-10-20(27)11-9-19)29-25-16-23(28)18(3)14-21(22)25;22-14-10-15-16(21(26)18-8-4-5-9-24-18)12-19(13-6-2-1-3-7-13)25-20(15)17(23)11-14;22-15-9-10-18-16(12-15)17(21(25)19-8-4-5-11-23-19)13-20(24-18)14-6-2-1-3-7-14;2*17-8-5-9-10(15(24)12-3-1-2-4-22-12)7-13(16(19,20)21)23-14(9)11(18)6-8/h8-11,14-16,26,31H,4-7,12-13,17H2,1-3H3;1-3,6-7,10-12,18,21,24,26H,4-5,8-9H2;1-3,6-7,9-10,12-13,19,21,23,25H,4-5,8,11H2;2*5-7,12,15,22,24H,1-4H2. The van der Waals surface area contributed by atoms with Gasteiger partial charge in [-0.3, -0.25) is 0 Å². The number of alkyl halides is 6. The molecule has 9 atom stereocenters. The van der Waals surface area contributed by atoms with Crippen LogP contribution in [0.25, 0.3) is 88.3 Å². The topological polar surface area (TPSA) is 217 Å². The summed E-state index contributed by atoms with van der Waals surface area (Å²) in [6.45, 7) is 12.3. The van der Waals surface area contributed by atoms with Crippen molar-refractivity contribution in [2.45, 2.75) is 191 Å². The van der Waals surface area contributed by atoms with E-state index in [1.54, 1.807) is 6.07 Å². The van der Waals surface area contributed by atoms with Crippen molar-refractivity contribution in [1.29, 1.82) is 0 Å². The zero-order chi connectivity index (χ0) is 92.7. The molecular weight excluding hydrogens is 1850 g/mol. The number of hydrogen-bond acceptors (Lipinski definition) is 15. The number of benzene rings is 8. The second kappa shape index (κ2) is 46.2. The van der Waals surface area contributed by atoms with Crippen molar-refractivity contribution in [3.05, 3.63) is 272 Å². The summed E-state index contributed by atoms with van der Waals surface area (Å²) in [6, 6.07) is 53.7. The van der Waals surface area contributed by atoms with Crippen molar-refractivity contribution in [1.82, 2.24) is 51.1 Å². The molecule has 0 spiro atoms. The number of nitrogens with one attached hydrogen (secondary N) is 4. The highest BCUT2D eigenvalue weighted by molar-refractivity contribution is 6.40. The SMILES string of the molecule is CCCCN(CCCC)CC(O)c1cc(-c2ccc(Cl)cc2)nc2cc(Cl)c(C)cc12.OC(c1cc(-c2ccccc2)nc2c(Cl)cc(Cl)cc12)C1CCCCN1.OC(c1cc(-c2ccccc2)nc2ccc(Cl)cc12)C1CCCCN1.OC(c1cc(C(F)(F)F)nc2c(Cl)cc(Cl)cc12)C1CCCCN1.OC(c1cc(C(F)(F)F)nc2c(Cl)cc(Cl)cc12)C1CCCCN1. The largest absolute Gasteiger partial charge is 0.433 e. The first kappa shape index (κ1) is 100. The molecule has 17 rings (SSSR count). The lowest BCUT2D eigenvalue weighted by atomic mass is 9.92. The number of halogens is 15. The number of aromatic nitrogens is 5. The summed E-state index contributed by atoms with van der Waals surface area (Å²) in [5.74, 6) is 0. The van der Waals surface area contributed by atoms with Gasteiger partial charge < -0.3 is 51.7 Å². The number of aryl methyl sites for hydroxylation is 1. The molecule has 0 amide bonds. The molecule has 13 aromatic rings.